The molecule has 1 aromatic carbocycles. The van der Waals surface area contributed by atoms with Crippen LogP contribution in [0.2, 0.25) is 0 Å². The van der Waals surface area contributed by atoms with Gasteiger partial charge in [-0.15, -0.1) is 0 Å². The zero-order chi connectivity index (χ0) is 22.9. The summed E-state index contributed by atoms with van der Waals surface area (Å²) >= 11 is 0. The van der Waals surface area contributed by atoms with E-state index in [4.69, 9.17) is 19.3 Å². The fraction of sp³-hybridized carbons (Fsp3) is 0.542. The Hall–Kier alpha value is -2.87. The van der Waals surface area contributed by atoms with Gasteiger partial charge in [-0.3, -0.25) is 9.48 Å². The first-order valence-electron chi connectivity index (χ1n) is 11.3. The first kappa shape index (κ1) is 23.8. The van der Waals surface area contributed by atoms with Crippen molar-refractivity contribution in [1.29, 1.82) is 0 Å². The maximum Gasteiger partial charge on any atom is 0.338 e. The number of esters is 1. The molecule has 1 aromatic heterocycles. The SMILES string of the molecule is CCc1nn(C[C@@H](C)COC(=O)c2cccc(OC)c2)c2c1C(=O)NCCCOCCC2. The van der Waals surface area contributed by atoms with Crippen molar-refractivity contribution in [3.8, 4) is 5.75 Å². The minimum Gasteiger partial charge on any atom is -0.497 e. The van der Waals surface area contributed by atoms with Crippen molar-refractivity contribution < 1.29 is 23.8 Å². The van der Waals surface area contributed by atoms with Gasteiger partial charge in [0.15, 0.2) is 0 Å². The van der Waals surface area contributed by atoms with E-state index < -0.39 is 0 Å². The number of hydrogen-bond donors (Lipinski definition) is 1. The second-order valence-corrected chi connectivity index (χ2v) is 8.07. The molecule has 0 spiro atoms. The summed E-state index contributed by atoms with van der Waals surface area (Å²) in [5, 5.41) is 7.73. The Morgan fingerprint density at radius 3 is 2.91 bits per heavy atom. The number of nitrogens with one attached hydrogen (secondary N) is 1. The Labute approximate surface area is 189 Å². The van der Waals surface area contributed by atoms with Gasteiger partial charge in [-0.2, -0.15) is 5.10 Å². The smallest absolute Gasteiger partial charge is 0.338 e. The molecule has 174 valence electrons. The number of fused-ring (bicyclic) bond motifs is 1. The molecule has 0 fully saturated rings. The Balaban J connectivity index is 1.70. The van der Waals surface area contributed by atoms with Crippen LogP contribution in [-0.2, 0) is 28.9 Å². The third-order valence-corrected chi connectivity index (χ3v) is 5.43. The molecule has 1 aliphatic rings. The molecule has 0 saturated heterocycles. The average Bonchev–Trinajstić information content (AvgIpc) is 3.13. The molecule has 0 unspecified atom stereocenters. The summed E-state index contributed by atoms with van der Waals surface area (Å²) in [7, 11) is 1.56. The highest BCUT2D eigenvalue weighted by molar-refractivity contribution is 5.96. The van der Waals surface area contributed by atoms with Crippen LogP contribution in [-0.4, -0.2) is 55.1 Å². The lowest BCUT2D eigenvalue weighted by molar-refractivity contribution is 0.0435. The molecular weight excluding hydrogens is 410 g/mol. The fourth-order valence-electron chi connectivity index (χ4n) is 3.77. The monoisotopic (exact) mass is 443 g/mol. The van der Waals surface area contributed by atoms with Crippen LogP contribution in [0.3, 0.4) is 0 Å². The Morgan fingerprint density at radius 1 is 1.31 bits per heavy atom. The van der Waals surface area contributed by atoms with E-state index >= 15 is 0 Å². The third kappa shape index (κ3) is 6.09. The van der Waals surface area contributed by atoms with Crippen molar-refractivity contribution in [3.63, 3.8) is 0 Å². The number of amides is 1. The highest BCUT2D eigenvalue weighted by atomic mass is 16.5. The maximum atomic E-state index is 12.9. The van der Waals surface area contributed by atoms with Crippen LogP contribution in [0.5, 0.6) is 5.75 Å². The van der Waals surface area contributed by atoms with E-state index in [2.05, 4.69) is 5.32 Å². The largest absolute Gasteiger partial charge is 0.497 e. The number of aryl methyl sites for hydroxylation is 1. The molecule has 8 nitrogen and oxygen atoms in total. The van der Waals surface area contributed by atoms with Crippen molar-refractivity contribution in [1.82, 2.24) is 15.1 Å². The summed E-state index contributed by atoms with van der Waals surface area (Å²) in [6, 6.07) is 6.90. The summed E-state index contributed by atoms with van der Waals surface area (Å²) in [4.78, 5) is 25.3. The predicted octanol–water partition coefficient (Wildman–Crippen LogP) is 3.03. The first-order chi connectivity index (χ1) is 15.5. The minimum atomic E-state index is -0.388. The van der Waals surface area contributed by atoms with Gasteiger partial charge >= 0.3 is 5.97 Å². The molecule has 1 aliphatic heterocycles. The molecule has 3 rings (SSSR count). The van der Waals surface area contributed by atoms with E-state index in [0.717, 1.165) is 24.2 Å². The van der Waals surface area contributed by atoms with Crippen LogP contribution < -0.4 is 10.1 Å². The molecule has 2 aromatic rings. The lowest BCUT2D eigenvalue weighted by atomic mass is 10.1. The second-order valence-electron chi connectivity index (χ2n) is 8.07. The zero-order valence-corrected chi connectivity index (χ0v) is 19.2. The maximum absolute atomic E-state index is 12.9. The summed E-state index contributed by atoms with van der Waals surface area (Å²) in [5.74, 6) is 0.179. The molecule has 0 aliphatic carbocycles. The number of hydrogen-bond acceptors (Lipinski definition) is 6. The van der Waals surface area contributed by atoms with Gasteiger partial charge in [-0.05, 0) is 43.9 Å². The van der Waals surface area contributed by atoms with Crippen molar-refractivity contribution in [2.24, 2.45) is 5.92 Å². The van der Waals surface area contributed by atoms with Crippen LogP contribution in [0.15, 0.2) is 24.3 Å². The summed E-state index contributed by atoms with van der Waals surface area (Å²) in [5.41, 5.74) is 2.87. The van der Waals surface area contributed by atoms with Gasteiger partial charge in [0, 0.05) is 32.2 Å². The number of ether oxygens (including phenoxy) is 3. The van der Waals surface area contributed by atoms with Crippen LogP contribution in [0.4, 0.5) is 0 Å². The molecule has 2 heterocycles. The van der Waals surface area contributed by atoms with Crippen molar-refractivity contribution in [2.45, 2.75) is 46.1 Å². The third-order valence-electron chi connectivity index (χ3n) is 5.43. The van der Waals surface area contributed by atoms with E-state index in [1.165, 1.54) is 0 Å². The Kier molecular flexibility index (Phi) is 8.67. The second kappa shape index (κ2) is 11.7. The Bertz CT molecular complexity index is 924. The molecule has 0 saturated carbocycles. The topological polar surface area (TPSA) is 91.7 Å². The van der Waals surface area contributed by atoms with Crippen LogP contribution in [0.25, 0.3) is 0 Å². The number of carbonyl (C=O) groups is 2. The average molecular weight is 444 g/mol. The van der Waals surface area contributed by atoms with E-state index in [9.17, 15) is 9.59 Å². The van der Waals surface area contributed by atoms with Crippen molar-refractivity contribution in [2.75, 3.05) is 33.5 Å². The van der Waals surface area contributed by atoms with Gasteiger partial charge in [0.2, 0.25) is 0 Å². The molecule has 0 radical (unpaired) electrons. The minimum absolute atomic E-state index is 0.0239. The molecule has 8 heteroatoms. The lowest BCUT2D eigenvalue weighted by Gasteiger charge is -2.15. The summed E-state index contributed by atoms with van der Waals surface area (Å²) < 4.78 is 18.2. The van der Waals surface area contributed by atoms with Gasteiger partial charge in [0.1, 0.15) is 5.75 Å². The first-order valence-corrected chi connectivity index (χ1v) is 11.3. The van der Waals surface area contributed by atoms with Gasteiger partial charge in [0.25, 0.3) is 5.91 Å². The molecule has 0 bridgehead atoms. The van der Waals surface area contributed by atoms with E-state index in [0.29, 0.717) is 56.0 Å². The van der Waals surface area contributed by atoms with E-state index in [-0.39, 0.29) is 24.4 Å². The lowest BCUT2D eigenvalue weighted by Crippen LogP contribution is -2.27. The number of rotatable bonds is 7. The highest BCUT2D eigenvalue weighted by Crippen LogP contribution is 2.20. The normalized spacial score (nSPS) is 15.8. The number of carbonyl (C=O) groups excluding carboxylic acids is 2. The number of nitrogens with zero attached hydrogens (tertiary/aromatic N) is 2. The van der Waals surface area contributed by atoms with Crippen molar-refractivity contribution in [3.05, 3.63) is 46.8 Å². The molecule has 1 atom stereocenters. The standard InChI is InChI=1S/C24H33N3O5/c1-4-20-22-21(10-6-12-31-13-7-11-25-23(22)28)27(26-20)15-17(2)16-32-24(29)18-8-5-9-19(14-18)30-3/h5,8-9,14,17H,4,6-7,10-13,15-16H2,1-3H3,(H,25,28)/t17-/m1/s1. The molecule has 1 amide bonds. The number of aromatic nitrogens is 2. The molecule has 32 heavy (non-hydrogen) atoms. The van der Waals surface area contributed by atoms with Crippen LogP contribution in [0, 0.1) is 5.92 Å². The van der Waals surface area contributed by atoms with E-state index in [1.807, 2.05) is 18.5 Å². The summed E-state index contributed by atoms with van der Waals surface area (Å²) in [6.07, 6.45) is 3.02. The van der Waals surface area contributed by atoms with Crippen molar-refractivity contribution >= 4 is 11.9 Å². The van der Waals surface area contributed by atoms with Gasteiger partial charge in [-0.25, -0.2) is 4.79 Å². The quantitative estimate of drug-likeness (QED) is 0.662. The van der Waals surface area contributed by atoms with Gasteiger partial charge < -0.3 is 19.5 Å². The highest BCUT2D eigenvalue weighted by Gasteiger charge is 2.24. The van der Waals surface area contributed by atoms with Crippen LogP contribution >= 0.6 is 0 Å². The number of methoxy groups -OCH3 is 1. The molecule has 1 N–H and O–H groups in total. The summed E-state index contributed by atoms with van der Waals surface area (Å²) in [6.45, 7) is 6.72. The van der Waals surface area contributed by atoms with Gasteiger partial charge in [0.05, 0.1) is 36.2 Å². The number of benzene rings is 1. The van der Waals surface area contributed by atoms with Crippen LogP contribution in [0.1, 0.15) is 58.8 Å². The van der Waals surface area contributed by atoms with E-state index in [1.54, 1.807) is 31.4 Å². The zero-order valence-electron chi connectivity index (χ0n) is 19.2. The fourth-order valence-corrected chi connectivity index (χ4v) is 3.77. The molecular formula is C24H33N3O5. The van der Waals surface area contributed by atoms with Gasteiger partial charge in [-0.1, -0.05) is 19.9 Å². The predicted molar refractivity (Wildman–Crippen MR) is 120 cm³/mol. The Morgan fingerprint density at radius 2 is 2.12 bits per heavy atom.